The first-order valence-corrected chi connectivity index (χ1v) is 34.7. The van der Waals surface area contributed by atoms with Gasteiger partial charge in [0.1, 0.15) is 13.2 Å². The third-order valence-electron chi connectivity index (χ3n) is 14.6. The molecule has 0 aliphatic rings. The Bertz CT molecular complexity index is 1750. The van der Waals surface area contributed by atoms with Crippen molar-refractivity contribution in [2.24, 2.45) is 0 Å². The second-order valence-electron chi connectivity index (χ2n) is 22.7. The van der Waals surface area contributed by atoms with Crippen LogP contribution in [0.5, 0.6) is 0 Å². The van der Waals surface area contributed by atoms with Crippen LogP contribution in [0.1, 0.15) is 316 Å². The van der Waals surface area contributed by atoms with E-state index in [0.29, 0.717) is 19.3 Å². The molecule has 0 spiro atoms. The summed E-state index contributed by atoms with van der Waals surface area (Å²) in [5, 5.41) is 0. The van der Waals surface area contributed by atoms with Crippen LogP contribution in [0.3, 0.4) is 0 Å². The third-order valence-corrected chi connectivity index (χ3v) is 14.6. The molecule has 1 unspecified atom stereocenters. The van der Waals surface area contributed by atoms with Crippen molar-refractivity contribution < 1.29 is 28.6 Å². The predicted octanol–water partition coefficient (Wildman–Crippen LogP) is 24.1. The number of ether oxygens (including phenoxy) is 3. The predicted molar refractivity (Wildman–Crippen MR) is 362 cm³/mol. The van der Waals surface area contributed by atoms with Crippen molar-refractivity contribution in [3.63, 3.8) is 0 Å². The summed E-state index contributed by atoms with van der Waals surface area (Å²) in [6.07, 6.45) is 99.0. The average Bonchev–Trinajstić information content (AvgIpc) is 3.49. The Morgan fingerprint density at radius 3 is 0.759 bits per heavy atom. The SMILES string of the molecule is CC/C=C\C/C=C\C/C=C\C/C=C\CCCCCCCCCCCCCCCCC(=O)OCC(COC(=O)CCCC/C=C\C/C=C\C/C=C\C/C=C\CC)OC(=O)CCCCCCCCCC/C=C\C/C=C\C/C=C\CCCCCCC. The lowest BCUT2D eigenvalue weighted by Gasteiger charge is -2.18. The van der Waals surface area contributed by atoms with E-state index in [4.69, 9.17) is 14.2 Å². The summed E-state index contributed by atoms with van der Waals surface area (Å²) in [5.41, 5.74) is 0. The van der Waals surface area contributed by atoms with Crippen LogP contribution in [-0.2, 0) is 28.6 Å². The van der Waals surface area contributed by atoms with Crippen LogP contribution >= 0.6 is 0 Å². The highest BCUT2D eigenvalue weighted by atomic mass is 16.6. The minimum Gasteiger partial charge on any atom is -0.462 e. The first-order chi connectivity index (χ1) is 41.0. The zero-order valence-electron chi connectivity index (χ0n) is 54.2. The van der Waals surface area contributed by atoms with E-state index < -0.39 is 6.10 Å². The Hall–Kier alpha value is -4.45. The molecule has 0 saturated heterocycles. The summed E-state index contributed by atoms with van der Waals surface area (Å²) in [4.78, 5) is 38.4. The fraction of sp³-hybridized carbons (Fsp3) is 0.675. The molecule has 0 heterocycles. The van der Waals surface area contributed by atoms with Gasteiger partial charge in [0.2, 0.25) is 0 Å². The highest BCUT2D eigenvalue weighted by Crippen LogP contribution is 2.16. The van der Waals surface area contributed by atoms with Gasteiger partial charge in [-0.15, -0.1) is 0 Å². The summed E-state index contributed by atoms with van der Waals surface area (Å²) in [5.74, 6) is -0.941. The smallest absolute Gasteiger partial charge is 0.306 e. The second kappa shape index (κ2) is 70.0. The topological polar surface area (TPSA) is 78.9 Å². The van der Waals surface area contributed by atoms with Crippen LogP contribution in [0.4, 0.5) is 0 Å². The molecular formula is C77H128O6. The zero-order chi connectivity index (χ0) is 59.9. The molecule has 0 amide bonds. The Labute approximate surface area is 513 Å². The van der Waals surface area contributed by atoms with Gasteiger partial charge in [0.25, 0.3) is 0 Å². The summed E-state index contributed by atoms with van der Waals surface area (Å²) in [6, 6.07) is 0. The van der Waals surface area contributed by atoms with Gasteiger partial charge in [-0.25, -0.2) is 0 Å². The van der Waals surface area contributed by atoms with Gasteiger partial charge >= 0.3 is 17.9 Å². The van der Waals surface area contributed by atoms with E-state index in [1.54, 1.807) is 0 Å². The molecule has 0 rings (SSSR count). The molecule has 0 fully saturated rings. The second-order valence-corrected chi connectivity index (χ2v) is 22.7. The highest BCUT2D eigenvalue weighted by molar-refractivity contribution is 5.71. The van der Waals surface area contributed by atoms with Gasteiger partial charge in [0, 0.05) is 19.3 Å². The molecule has 0 aromatic rings. The molecular weight excluding hydrogens is 1020 g/mol. The molecule has 6 nitrogen and oxygen atoms in total. The van der Waals surface area contributed by atoms with Crippen LogP contribution < -0.4 is 0 Å². The van der Waals surface area contributed by atoms with Gasteiger partial charge in [0.15, 0.2) is 6.10 Å². The molecule has 0 aliphatic carbocycles. The normalized spacial score (nSPS) is 13.0. The van der Waals surface area contributed by atoms with Crippen molar-refractivity contribution in [2.75, 3.05) is 13.2 Å². The summed E-state index contributed by atoms with van der Waals surface area (Å²) in [6.45, 7) is 6.38. The first kappa shape index (κ1) is 78.5. The van der Waals surface area contributed by atoms with E-state index in [0.717, 1.165) is 128 Å². The number of allylic oxidation sites excluding steroid dienone is 22. The maximum absolute atomic E-state index is 13.0. The van der Waals surface area contributed by atoms with Crippen LogP contribution in [0, 0.1) is 0 Å². The summed E-state index contributed by atoms with van der Waals surface area (Å²) < 4.78 is 16.9. The number of hydrogen-bond donors (Lipinski definition) is 0. The van der Waals surface area contributed by atoms with E-state index in [1.807, 2.05) is 0 Å². The zero-order valence-corrected chi connectivity index (χ0v) is 54.2. The fourth-order valence-electron chi connectivity index (χ4n) is 9.49. The lowest BCUT2D eigenvalue weighted by atomic mass is 10.0. The number of hydrogen-bond acceptors (Lipinski definition) is 6. The number of carbonyl (C=O) groups excluding carboxylic acids is 3. The van der Waals surface area contributed by atoms with Crippen LogP contribution in [0.2, 0.25) is 0 Å². The van der Waals surface area contributed by atoms with E-state index >= 15 is 0 Å². The van der Waals surface area contributed by atoms with Crippen molar-refractivity contribution in [3.8, 4) is 0 Å². The molecule has 83 heavy (non-hydrogen) atoms. The van der Waals surface area contributed by atoms with E-state index in [-0.39, 0.29) is 31.1 Å². The molecule has 0 bridgehead atoms. The maximum atomic E-state index is 13.0. The number of rotatable bonds is 62. The van der Waals surface area contributed by atoms with Gasteiger partial charge in [-0.2, -0.15) is 0 Å². The lowest BCUT2D eigenvalue weighted by Crippen LogP contribution is -2.30. The van der Waals surface area contributed by atoms with Gasteiger partial charge in [-0.3, -0.25) is 14.4 Å². The minimum atomic E-state index is -0.805. The summed E-state index contributed by atoms with van der Waals surface area (Å²) in [7, 11) is 0. The van der Waals surface area contributed by atoms with Gasteiger partial charge in [-0.05, 0) is 135 Å². The standard InChI is InChI=1S/C77H128O6/c1-4-7-10-13-16-19-22-25-28-30-32-34-36-37-38-39-41-42-44-46-49-52-55-58-61-64-67-70-76(79)82-73-74(72-81-75(78)69-66-63-60-57-54-51-48-27-24-21-18-15-12-9-6-3)83-77(80)71-68-65-62-59-56-53-50-47-45-43-40-35-33-31-29-26-23-20-17-14-11-8-5-2/h7,9-10,12,16,18-19,21,23,25-28,31-34,40,43,48,54,57,74H,4-6,8,11,13-15,17,20,22,24,29-30,35-39,41-42,44-47,49-53,55-56,58-73H2,1-3H3/b10-7-,12-9-,19-16-,21-18-,26-23-,28-25-,33-31-,34-32-,43-40-,48-27-,57-54-. The van der Waals surface area contributed by atoms with Gasteiger partial charge in [0.05, 0.1) is 0 Å². The van der Waals surface area contributed by atoms with E-state index in [9.17, 15) is 14.4 Å². The van der Waals surface area contributed by atoms with Crippen LogP contribution in [0.25, 0.3) is 0 Å². The van der Waals surface area contributed by atoms with Crippen molar-refractivity contribution in [1.29, 1.82) is 0 Å². The highest BCUT2D eigenvalue weighted by Gasteiger charge is 2.19. The monoisotopic (exact) mass is 1150 g/mol. The fourth-order valence-corrected chi connectivity index (χ4v) is 9.49. The third kappa shape index (κ3) is 68.2. The Kier molecular flexibility index (Phi) is 66.3. The Morgan fingerprint density at radius 2 is 0.470 bits per heavy atom. The molecule has 6 heteroatoms. The average molecular weight is 1150 g/mol. The van der Waals surface area contributed by atoms with E-state index in [2.05, 4.69) is 154 Å². The molecule has 1 atom stereocenters. The number of unbranched alkanes of at least 4 members (excludes halogenated alkanes) is 29. The number of esters is 3. The molecule has 0 aromatic carbocycles. The molecule has 0 radical (unpaired) electrons. The summed E-state index contributed by atoms with van der Waals surface area (Å²) >= 11 is 0. The molecule has 0 aromatic heterocycles. The van der Waals surface area contributed by atoms with Crippen molar-refractivity contribution in [2.45, 2.75) is 322 Å². The van der Waals surface area contributed by atoms with E-state index in [1.165, 1.54) is 148 Å². The Morgan fingerprint density at radius 1 is 0.253 bits per heavy atom. The van der Waals surface area contributed by atoms with Gasteiger partial charge < -0.3 is 14.2 Å². The van der Waals surface area contributed by atoms with Crippen molar-refractivity contribution in [3.05, 3.63) is 134 Å². The van der Waals surface area contributed by atoms with Crippen molar-refractivity contribution in [1.82, 2.24) is 0 Å². The van der Waals surface area contributed by atoms with Gasteiger partial charge in [-0.1, -0.05) is 296 Å². The molecule has 0 saturated carbocycles. The maximum Gasteiger partial charge on any atom is 0.306 e. The molecule has 0 aliphatic heterocycles. The lowest BCUT2D eigenvalue weighted by molar-refractivity contribution is -0.167. The largest absolute Gasteiger partial charge is 0.462 e. The van der Waals surface area contributed by atoms with Crippen LogP contribution in [-0.4, -0.2) is 37.2 Å². The van der Waals surface area contributed by atoms with Crippen molar-refractivity contribution >= 4 is 17.9 Å². The quantitative estimate of drug-likeness (QED) is 0.0261. The number of carbonyl (C=O) groups is 3. The Balaban J connectivity index is 4.37. The molecule has 0 N–H and O–H groups in total. The van der Waals surface area contributed by atoms with Crippen LogP contribution in [0.15, 0.2) is 134 Å². The first-order valence-electron chi connectivity index (χ1n) is 34.7. The molecule has 472 valence electrons. The minimum absolute atomic E-state index is 0.0968.